The molecule has 3 rings (SSSR count). The predicted molar refractivity (Wildman–Crippen MR) is 106 cm³/mol. The molecule has 0 aliphatic rings. The smallest absolute Gasteiger partial charge is 0.266 e. The summed E-state index contributed by atoms with van der Waals surface area (Å²) in [5, 5.41) is 12.0. The zero-order valence-corrected chi connectivity index (χ0v) is 14.9. The average Bonchev–Trinajstić information content (AvgIpc) is 2.73. The highest BCUT2D eigenvalue weighted by Crippen LogP contribution is 2.17. The molecule has 3 aromatic carbocycles. The van der Waals surface area contributed by atoms with Crippen molar-refractivity contribution < 1.29 is 13.9 Å². The van der Waals surface area contributed by atoms with Crippen LogP contribution in [0.15, 0.2) is 84.4 Å². The first kappa shape index (κ1) is 18.9. The van der Waals surface area contributed by atoms with Crippen LogP contribution in [0.5, 0.6) is 5.75 Å². The molecule has 0 aliphatic heterocycles. The topological polar surface area (TPSA) is 62.1 Å². The third kappa shape index (κ3) is 5.29. The molecule has 0 saturated carbocycles. The first-order valence-corrected chi connectivity index (χ1v) is 8.59. The Morgan fingerprint density at radius 2 is 1.68 bits per heavy atom. The largest absolute Gasteiger partial charge is 0.489 e. The summed E-state index contributed by atoms with van der Waals surface area (Å²) in [5.74, 6) is -0.122. The Bertz CT molecular complexity index is 1010. The minimum atomic E-state index is -0.467. The van der Waals surface area contributed by atoms with Crippen LogP contribution in [0.1, 0.15) is 11.1 Å². The molecule has 5 heteroatoms. The SMILES string of the molecule is N#C/C(=C/c1ccc(OCc2ccc(F)cc2)cc1)C(=O)Nc1ccccc1. The zero-order chi connectivity index (χ0) is 19.8. The Morgan fingerprint density at radius 1 is 1.00 bits per heavy atom. The highest BCUT2D eigenvalue weighted by molar-refractivity contribution is 6.09. The normalized spacial score (nSPS) is 10.8. The lowest BCUT2D eigenvalue weighted by atomic mass is 10.1. The number of para-hydroxylation sites is 1. The molecule has 0 saturated heterocycles. The van der Waals surface area contributed by atoms with Crippen molar-refractivity contribution in [3.8, 4) is 11.8 Å². The van der Waals surface area contributed by atoms with Gasteiger partial charge in [-0.15, -0.1) is 0 Å². The minimum Gasteiger partial charge on any atom is -0.489 e. The van der Waals surface area contributed by atoms with E-state index in [2.05, 4.69) is 5.32 Å². The summed E-state index contributed by atoms with van der Waals surface area (Å²) in [4.78, 5) is 12.2. The Hall–Kier alpha value is -3.91. The number of anilines is 1. The van der Waals surface area contributed by atoms with E-state index in [1.807, 2.05) is 12.1 Å². The standard InChI is InChI=1S/C23H17FN2O2/c24-20-10-6-18(7-11-20)16-28-22-12-8-17(9-13-22)14-19(15-25)23(27)26-21-4-2-1-3-5-21/h1-14H,16H2,(H,26,27)/b19-14-. The first-order valence-electron chi connectivity index (χ1n) is 8.59. The molecular formula is C23H17FN2O2. The molecule has 0 atom stereocenters. The molecule has 0 aliphatic carbocycles. The number of hydrogen-bond acceptors (Lipinski definition) is 3. The van der Waals surface area contributed by atoms with Gasteiger partial charge in [-0.25, -0.2) is 4.39 Å². The maximum absolute atomic E-state index is 12.9. The monoisotopic (exact) mass is 372 g/mol. The summed E-state index contributed by atoms with van der Waals surface area (Å²) in [7, 11) is 0. The van der Waals surface area contributed by atoms with Gasteiger partial charge in [-0.2, -0.15) is 5.26 Å². The molecule has 0 fully saturated rings. The molecular weight excluding hydrogens is 355 g/mol. The lowest BCUT2D eigenvalue weighted by Crippen LogP contribution is -2.13. The fourth-order valence-electron chi connectivity index (χ4n) is 2.44. The van der Waals surface area contributed by atoms with E-state index in [1.165, 1.54) is 18.2 Å². The summed E-state index contributed by atoms with van der Waals surface area (Å²) in [6.45, 7) is 0.318. The second-order valence-corrected chi connectivity index (χ2v) is 5.97. The molecule has 0 heterocycles. The summed E-state index contributed by atoms with van der Waals surface area (Å²) >= 11 is 0. The summed E-state index contributed by atoms with van der Waals surface area (Å²) in [5.41, 5.74) is 2.19. The van der Waals surface area contributed by atoms with Gasteiger partial charge in [0.15, 0.2) is 0 Å². The van der Waals surface area contributed by atoms with Crippen molar-refractivity contribution >= 4 is 17.7 Å². The highest BCUT2D eigenvalue weighted by Gasteiger charge is 2.09. The number of amides is 1. The van der Waals surface area contributed by atoms with Crippen molar-refractivity contribution in [2.75, 3.05) is 5.32 Å². The van der Waals surface area contributed by atoms with Gasteiger partial charge in [0.1, 0.15) is 29.8 Å². The number of rotatable bonds is 6. The predicted octanol–water partition coefficient (Wildman–Crippen LogP) is 4.95. The van der Waals surface area contributed by atoms with Crippen molar-refractivity contribution in [1.29, 1.82) is 5.26 Å². The molecule has 0 unspecified atom stereocenters. The second-order valence-electron chi connectivity index (χ2n) is 5.97. The summed E-state index contributed by atoms with van der Waals surface area (Å²) in [6.07, 6.45) is 1.52. The van der Waals surface area contributed by atoms with Crippen LogP contribution in [0.4, 0.5) is 10.1 Å². The van der Waals surface area contributed by atoms with Crippen LogP contribution >= 0.6 is 0 Å². The number of nitriles is 1. The van der Waals surface area contributed by atoms with E-state index in [4.69, 9.17) is 4.74 Å². The van der Waals surface area contributed by atoms with Crippen LogP contribution in [0.3, 0.4) is 0 Å². The molecule has 0 spiro atoms. The van der Waals surface area contributed by atoms with E-state index >= 15 is 0 Å². The highest BCUT2D eigenvalue weighted by atomic mass is 19.1. The number of carbonyl (C=O) groups excluding carboxylic acids is 1. The third-order valence-electron chi connectivity index (χ3n) is 3.91. The van der Waals surface area contributed by atoms with Crippen LogP contribution in [0.25, 0.3) is 6.08 Å². The molecule has 28 heavy (non-hydrogen) atoms. The van der Waals surface area contributed by atoms with Gasteiger partial charge in [0.05, 0.1) is 0 Å². The molecule has 1 amide bonds. The van der Waals surface area contributed by atoms with Gasteiger partial charge in [-0.05, 0) is 53.6 Å². The number of nitrogens with one attached hydrogen (secondary N) is 1. The zero-order valence-electron chi connectivity index (χ0n) is 14.9. The number of benzene rings is 3. The van der Waals surface area contributed by atoms with E-state index in [-0.39, 0.29) is 11.4 Å². The fourth-order valence-corrected chi connectivity index (χ4v) is 2.44. The Kier molecular flexibility index (Phi) is 6.17. The number of carbonyl (C=O) groups is 1. The average molecular weight is 372 g/mol. The van der Waals surface area contributed by atoms with Crippen molar-refractivity contribution in [1.82, 2.24) is 0 Å². The third-order valence-corrected chi connectivity index (χ3v) is 3.91. The maximum atomic E-state index is 12.9. The van der Waals surface area contributed by atoms with Crippen molar-refractivity contribution in [3.63, 3.8) is 0 Å². The Labute approximate surface area is 162 Å². The van der Waals surface area contributed by atoms with Crippen molar-refractivity contribution in [2.45, 2.75) is 6.61 Å². The number of ether oxygens (including phenoxy) is 1. The van der Waals surface area contributed by atoms with Crippen LogP contribution in [0, 0.1) is 17.1 Å². The van der Waals surface area contributed by atoms with E-state index in [0.29, 0.717) is 23.6 Å². The molecule has 0 bridgehead atoms. The van der Waals surface area contributed by atoms with E-state index in [9.17, 15) is 14.4 Å². The summed E-state index contributed by atoms with van der Waals surface area (Å²) in [6, 6.07) is 24.0. The fraction of sp³-hybridized carbons (Fsp3) is 0.0435. The first-order chi connectivity index (χ1) is 13.6. The molecule has 138 valence electrons. The van der Waals surface area contributed by atoms with E-state index < -0.39 is 5.91 Å². The Morgan fingerprint density at radius 3 is 2.32 bits per heavy atom. The van der Waals surface area contributed by atoms with Gasteiger partial charge in [-0.1, -0.05) is 42.5 Å². The van der Waals surface area contributed by atoms with Gasteiger partial charge >= 0.3 is 0 Å². The summed E-state index contributed by atoms with van der Waals surface area (Å²) < 4.78 is 18.6. The lowest BCUT2D eigenvalue weighted by molar-refractivity contribution is -0.112. The van der Waals surface area contributed by atoms with Crippen molar-refractivity contribution in [3.05, 3.63) is 101 Å². The Balaban J connectivity index is 1.63. The lowest BCUT2D eigenvalue weighted by Gasteiger charge is -2.07. The molecule has 0 aromatic heterocycles. The van der Waals surface area contributed by atoms with Crippen molar-refractivity contribution in [2.24, 2.45) is 0 Å². The number of halogens is 1. The van der Waals surface area contributed by atoms with E-state index in [0.717, 1.165) is 5.56 Å². The quantitative estimate of drug-likeness (QED) is 0.492. The molecule has 1 N–H and O–H groups in total. The number of nitrogens with zero attached hydrogens (tertiary/aromatic N) is 1. The van der Waals surface area contributed by atoms with E-state index in [1.54, 1.807) is 60.7 Å². The van der Waals surface area contributed by atoms with Gasteiger partial charge in [0.25, 0.3) is 5.91 Å². The van der Waals surface area contributed by atoms with Gasteiger partial charge in [0, 0.05) is 5.69 Å². The van der Waals surface area contributed by atoms with Gasteiger partial charge < -0.3 is 10.1 Å². The molecule has 3 aromatic rings. The van der Waals surface area contributed by atoms with Gasteiger partial charge in [0.2, 0.25) is 0 Å². The van der Waals surface area contributed by atoms with Crippen LogP contribution in [-0.2, 0) is 11.4 Å². The molecule has 4 nitrogen and oxygen atoms in total. The maximum Gasteiger partial charge on any atom is 0.266 e. The van der Waals surface area contributed by atoms with Crippen LogP contribution in [-0.4, -0.2) is 5.91 Å². The number of hydrogen-bond donors (Lipinski definition) is 1. The molecule has 0 radical (unpaired) electrons. The minimum absolute atomic E-state index is 0.00355. The van der Waals surface area contributed by atoms with Gasteiger partial charge in [-0.3, -0.25) is 4.79 Å². The van der Waals surface area contributed by atoms with Crippen LogP contribution < -0.4 is 10.1 Å². The van der Waals surface area contributed by atoms with Crippen LogP contribution in [0.2, 0.25) is 0 Å². The second kappa shape index (κ2) is 9.15.